The Bertz CT molecular complexity index is 856. The predicted molar refractivity (Wildman–Crippen MR) is 79.1 cm³/mol. The number of phenolic OH excluding ortho intramolecular Hbond substituents is 3. The summed E-state index contributed by atoms with van der Waals surface area (Å²) in [5, 5.41) is 29.0. The summed E-state index contributed by atoms with van der Waals surface area (Å²) >= 11 is 0. The van der Waals surface area contributed by atoms with Gasteiger partial charge in [-0.15, -0.1) is 0 Å². The summed E-state index contributed by atoms with van der Waals surface area (Å²) in [6, 6.07) is 2.11. The van der Waals surface area contributed by atoms with E-state index in [9.17, 15) is 33.3 Å². The van der Waals surface area contributed by atoms with Crippen molar-refractivity contribution in [1.29, 1.82) is 0 Å². The molecule has 0 aliphatic carbocycles. The van der Waals surface area contributed by atoms with Gasteiger partial charge < -0.3 is 20.3 Å². The normalized spacial score (nSPS) is 15.2. The number of rotatable bonds is 2. The van der Waals surface area contributed by atoms with Crippen molar-refractivity contribution >= 4 is 0 Å². The molecule has 10 heteroatoms. The molecule has 0 radical (unpaired) electrons. The molecule has 0 spiro atoms. The average molecular weight is 357 g/mol. The van der Waals surface area contributed by atoms with Crippen LogP contribution >= 0.6 is 0 Å². The number of benzene rings is 1. The number of hydrogen-bond acceptors (Lipinski definition) is 6. The first-order valence-corrected chi connectivity index (χ1v) is 7.30. The summed E-state index contributed by atoms with van der Waals surface area (Å²) in [6.07, 6.45) is -4.57. The van der Waals surface area contributed by atoms with Gasteiger partial charge in [0.05, 0.1) is 5.69 Å². The second-order valence-electron chi connectivity index (χ2n) is 5.76. The molecule has 0 unspecified atom stereocenters. The van der Waals surface area contributed by atoms with Crippen LogP contribution < -0.4 is 5.56 Å². The van der Waals surface area contributed by atoms with Gasteiger partial charge in [0.1, 0.15) is 17.2 Å². The lowest BCUT2D eigenvalue weighted by Gasteiger charge is -2.28. The number of hydrogen-bond donors (Lipinski definition) is 4. The van der Waals surface area contributed by atoms with Crippen molar-refractivity contribution in [2.45, 2.75) is 25.7 Å². The second kappa shape index (κ2) is 5.96. The summed E-state index contributed by atoms with van der Waals surface area (Å²) < 4.78 is 38.4. The molecule has 2 heterocycles. The fraction of sp³-hybridized carbons (Fsp3) is 0.333. The first kappa shape index (κ1) is 17.1. The highest BCUT2D eigenvalue weighted by Crippen LogP contribution is 2.34. The number of H-pyrrole nitrogens is 1. The van der Waals surface area contributed by atoms with Crippen LogP contribution in [-0.4, -0.2) is 36.7 Å². The minimum atomic E-state index is -4.76. The number of aromatic hydroxyl groups is 3. The number of aromatic amines is 1. The molecule has 25 heavy (non-hydrogen) atoms. The van der Waals surface area contributed by atoms with Gasteiger partial charge in [0.25, 0.3) is 5.56 Å². The molecule has 0 amide bonds. The fourth-order valence-corrected chi connectivity index (χ4v) is 2.78. The maximum absolute atomic E-state index is 12.8. The minimum absolute atomic E-state index is 0.0140. The maximum atomic E-state index is 12.8. The number of nitrogens with zero attached hydrogens (tertiary/aromatic N) is 2. The zero-order valence-electron chi connectivity index (χ0n) is 12.8. The van der Waals surface area contributed by atoms with E-state index in [0.717, 1.165) is 12.1 Å². The molecule has 0 saturated carbocycles. The first-order valence-electron chi connectivity index (χ1n) is 7.30. The molecule has 0 bridgehead atoms. The van der Waals surface area contributed by atoms with E-state index in [1.807, 2.05) is 0 Å². The molecular weight excluding hydrogens is 343 g/mol. The Kier molecular flexibility index (Phi) is 4.07. The van der Waals surface area contributed by atoms with Gasteiger partial charge in [-0.1, -0.05) is 0 Å². The lowest BCUT2D eigenvalue weighted by Crippen LogP contribution is -2.36. The molecule has 7 nitrogen and oxygen atoms in total. The highest BCUT2D eigenvalue weighted by molar-refractivity contribution is 5.48. The Labute approximate surface area is 139 Å². The van der Waals surface area contributed by atoms with Gasteiger partial charge in [-0.05, 0) is 6.42 Å². The van der Waals surface area contributed by atoms with Crippen LogP contribution in [0.25, 0.3) is 0 Å². The topological polar surface area (TPSA) is 110 Å². The number of phenols is 3. The van der Waals surface area contributed by atoms with Gasteiger partial charge in [-0.3, -0.25) is 9.69 Å². The molecule has 1 aliphatic heterocycles. The molecule has 4 N–H and O–H groups in total. The number of aromatic nitrogens is 2. The highest BCUT2D eigenvalue weighted by atomic mass is 19.4. The van der Waals surface area contributed by atoms with Crippen molar-refractivity contribution in [2.24, 2.45) is 0 Å². The van der Waals surface area contributed by atoms with Crippen molar-refractivity contribution in [2.75, 3.05) is 6.54 Å². The van der Waals surface area contributed by atoms with E-state index in [1.54, 1.807) is 9.88 Å². The van der Waals surface area contributed by atoms with Gasteiger partial charge in [0.15, 0.2) is 0 Å². The monoisotopic (exact) mass is 357 g/mol. The third-order valence-corrected chi connectivity index (χ3v) is 3.99. The van der Waals surface area contributed by atoms with Gasteiger partial charge in [0.2, 0.25) is 5.82 Å². The molecule has 0 atom stereocenters. The molecule has 1 aromatic heterocycles. The summed E-state index contributed by atoms with van der Waals surface area (Å²) in [6.45, 7) is 0.318. The quantitative estimate of drug-likeness (QED) is 0.648. The van der Waals surface area contributed by atoms with Gasteiger partial charge in [-0.2, -0.15) is 13.2 Å². The van der Waals surface area contributed by atoms with Crippen LogP contribution in [-0.2, 0) is 25.7 Å². The van der Waals surface area contributed by atoms with Crippen LogP contribution in [0.15, 0.2) is 16.9 Å². The van der Waals surface area contributed by atoms with Gasteiger partial charge >= 0.3 is 6.18 Å². The van der Waals surface area contributed by atoms with Gasteiger partial charge in [0, 0.05) is 42.9 Å². The summed E-state index contributed by atoms with van der Waals surface area (Å²) in [5.41, 5.74) is -0.474. The number of nitrogens with one attached hydrogen (secondary N) is 1. The Balaban J connectivity index is 1.89. The van der Waals surface area contributed by atoms with Crippen LogP contribution in [0.4, 0.5) is 13.2 Å². The number of halogens is 3. The molecular formula is C15H14F3N3O4. The molecule has 134 valence electrons. The standard InChI is InChI=1S/C15H14F3N3O4/c16-15(17,18)14-19-10-6-21(2-1-8(10)13(25)20-14)5-9-11(23)3-7(22)4-12(9)24/h3-4,22-24H,1-2,5-6H2,(H,19,20,25). The predicted octanol–water partition coefficient (Wildman–Crippen LogP) is 1.46. The first-order chi connectivity index (χ1) is 11.6. The van der Waals surface area contributed by atoms with E-state index in [-0.39, 0.29) is 53.6 Å². The molecule has 0 fully saturated rings. The van der Waals surface area contributed by atoms with Crippen LogP contribution in [0.1, 0.15) is 22.6 Å². The Hall–Kier alpha value is -2.75. The van der Waals surface area contributed by atoms with Crippen molar-refractivity contribution in [3.63, 3.8) is 0 Å². The zero-order chi connectivity index (χ0) is 18.4. The van der Waals surface area contributed by atoms with Crippen LogP contribution in [0.2, 0.25) is 0 Å². The Morgan fingerprint density at radius 3 is 2.44 bits per heavy atom. The Morgan fingerprint density at radius 2 is 1.84 bits per heavy atom. The van der Waals surface area contributed by atoms with Crippen molar-refractivity contribution in [3.8, 4) is 17.2 Å². The second-order valence-corrected chi connectivity index (χ2v) is 5.76. The van der Waals surface area contributed by atoms with Crippen LogP contribution in [0.3, 0.4) is 0 Å². The maximum Gasteiger partial charge on any atom is 0.449 e. The third kappa shape index (κ3) is 3.38. The smallest absolute Gasteiger partial charge is 0.449 e. The lowest BCUT2D eigenvalue weighted by atomic mass is 10.0. The van der Waals surface area contributed by atoms with E-state index < -0.39 is 17.6 Å². The van der Waals surface area contributed by atoms with Crippen LogP contribution in [0, 0.1) is 0 Å². The average Bonchev–Trinajstić information content (AvgIpc) is 2.49. The molecule has 2 aromatic rings. The molecule has 1 aromatic carbocycles. The largest absolute Gasteiger partial charge is 0.508 e. The Morgan fingerprint density at radius 1 is 1.20 bits per heavy atom. The number of alkyl halides is 3. The lowest BCUT2D eigenvalue weighted by molar-refractivity contribution is -0.145. The number of fused-ring (bicyclic) bond motifs is 1. The van der Waals surface area contributed by atoms with E-state index in [1.165, 1.54) is 0 Å². The zero-order valence-corrected chi connectivity index (χ0v) is 12.8. The summed E-state index contributed by atoms with van der Waals surface area (Å²) in [5.74, 6) is -2.34. The van der Waals surface area contributed by atoms with Gasteiger partial charge in [-0.25, -0.2) is 4.98 Å². The van der Waals surface area contributed by atoms with Crippen LogP contribution in [0.5, 0.6) is 17.2 Å². The third-order valence-electron chi connectivity index (χ3n) is 3.99. The van der Waals surface area contributed by atoms with E-state index in [4.69, 9.17) is 0 Å². The molecule has 3 rings (SSSR count). The molecule has 0 saturated heterocycles. The van der Waals surface area contributed by atoms with E-state index in [0.29, 0.717) is 6.54 Å². The van der Waals surface area contributed by atoms with Crippen molar-refractivity contribution < 1.29 is 28.5 Å². The van der Waals surface area contributed by atoms with Crippen molar-refractivity contribution in [1.82, 2.24) is 14.9 Å². The summed E-state index contributed by atoms with van der Waals surface area (Å²) in [4.78, 5) is 18.7. The van der Waals surface area contributed by atoms with E-state index in [2.05, 4.69) is 4.98 Å². The summed E-state index contributed by atoms with van der Waals surface area (Å²) in [7, 11) is 0. The fourth-order valence-electron chi connectivity index (χ4n) is 2.78. The molecule has 1 aliphatic rings. The van der Waals surface area contributed by atoms with E-state index >= 15 is 0 Å². The SMILES string of the molecule is O=c1[nH]c(C(F)(F)F)nc2c1CCN(Cc1c(O)cc(O)cc1O)C2. The highest BCUT2D eigenvalue weighted by Gasteiger charge is 2.36. The minimum Gasteiger partial charge on any atom is -0.508 e. The van der Waals surface area contributed by atoms with Crippen molar-refractivity contribution in [3.05, 3.63) is 45.1 Å².